The third kappa shape index (κ3) is 4.12. The number of aryl methyl sites for hydroxylation is 3. The van der Waals surface area contributed by atoms with Crippen LogP contribution in [-0.2, 0) is 7.05 Å². The van der Waals surface area contributed by atoms with Gasteiger partial charge in [0.2, 0.25) is 0 Å². The molecular weight excluding hydrogens is 395 g/mol. The first-order valence-corrected chi connectivity index (χ1v) is 9.23. The van der Waals surface area contributed by atoms with Gasteiger partial charge in [-0.1, -0.05) is 40.9 Å². The molecule has 0 aliphatic carbocycles. The summed E-state index contributed by atoms with van der Waals surface area (Å²) in [5.74, 6) is 0. The van der Waals surface area contributed by atoms with Crippen molar-refractivity contribution in [2.75, 3.05) is 0 Å². The lowest BCUT2D eigenvalue weighted by Crippen LogP contribution is -2.11. The number of rotatable bonds is 2. The van der Waals surface area contributed by atoms with Crippen molar-refractivity contribution in [3.8, 4) is 11.3 Å². The van der Waals surface area contributed by atoms with E-state index in [4.69, 9.17) is 28.2 Å². The predicted molar refractivity (Wildman–Crippen MR) is 112 cm³/mol. The Bertz CT molecular complexity index is 964. The zero-order chi connectivity index (χ0) is 17.4. The van der Waals surface area contributed by atoms with Gasteiger partial charge in [-0.25, -0.2) is 4.99 Å². The molecule has 0 atom stereocenters. The van der Waals surface area contributed by atoms with Gasteiger partial charge in [-0.05, 0) is 50.1 Å². The smallest absolute Gasteiger partial charge is 0.190 e. The Morgan fingerprint density at radius 1 is 1.00 bits per heavy atom. The minimum Gasteiger partial charge on any atom is -0.319 e. The van der Waals surface area contributed by atoms with Gasteiger partial charge in [-0.15, -0.1) is 23.7 Å². The molecule has 0 spiro atoms. The quantitative estimate of drug-likeness (QED) is 0.448. The molecule has 0 saturated heterocycles. The number of thiazole rings is 1. The van der Waals surface area contributed by atoms with E-state index in [1.807, 2.05) is 19.2 Å². The molecule has 132 valence electrons. The summed E-state index contributed by atoms with van der Waals surface area (Å²) in [6.07, 6.45) is 0. The van der Waals surface area contributed by atoms with E-state index in [-0.39, 0.29) is 12.4 Å². The summed E-state index contributed by atoms with van der Waals surface area (Å²) < 4.78 is 2.07. The summed E-state index contributed by atoms with van der Waals surface area (Å²) in [7, 11) is 2.01. The zero-order valence-electron chi connectivity index (χ0n) is 14.4. The Kier molecular flexibility index (Phi) is 6.39. The van der Waals surface area contributed by atoms with E-state index in [2.05, 4.69) is 42.9 Å². The summed E-state index contributed by atoms with van der Waals surface area (Å²) >= 11 is 14.0. The molecule has 3 rings (SSSR count). The molecule has 2 aromatic carbocycles. The first-order valence-electron chi connectivity index (χ1n) is 7.59. The van der Waals surface area contributed by atoms with E-state index in [0.717, 1.165) is 21.7 Å². The second-order valence-corrected chi connectivity index (χ2v) is 7.63. The molecule has 0 saturated carbocycles. The van der Waals surface area contributed by atoms with Crippen LogP contribution in [0.3, 0.4) is 0 Å². The van der Waals surface area contributed by atoms with Crippen LogP contribution < -0.4 is 4.80 Å². The molecule has 0 aliphatic rings. The summed E-state index contributed by atoms with van der Waals surface area (Å²) in [6.45, 7) is 6.31. The molecule has 0 bridgehead atoms. The molecule has 0 radical (unpaired) electrons. The van der Waals surface area contributed by atoms with Gasteiger partial charge in [0.15, 0.2) is 4.80 Å². The molecule has 25 heavy (non-hydrogen) atoms. The maximum Gasteiger partial charge on any atom is 0.190 e. The Morgan fingerprint density at radius 3 is 2.24 bits per heavy atom. The highest BCUT2D eigenvalue weighted by molar-refractivity contribution is 7.07. The van der Waals surface area contributed by atoms with Crippen LogP contribution in [0.4, 0.5) is 5.69 Å². The average molecular weight is 414 g/mol. The van der Waals surface area contributed by atoms with Crippen LogP contribution in [0.1, 0.15) is 16.7 Å². The molecule has 0 unspecified atom stereocenters. The van der Waals surface area contributed by atoms with Crippen molar-refractivity contribution in [2.24, 2.45) is 12.0 Å². The van der Waals surface area contributed by atoms with Crippen molar-refractivity contribution in [3.05, 3.63) is 67.2 Å². The van der Waals surface area contributed by atoms with E-state index in [1.54, 1.807) is 17.4 Å². The van der Waals surface area contributed by atoms with Crippen LogP contribution in [0.5, 0.6) is 0 Å². The Labute approximate surface area is 168 Å². The van der Waals surface area contributed by atoms with Gasteiger partial charge in [-0.3, -0.25) is 0 Å². The average Bonchev–Trinajstić information content (AvgIpc) is 2.84. The first-order chi connectivity index (χ1) is 11.4. The van der Waals surface area contributed by atoms with Gasteiger partial charge in [0.05, 0.1) is 16.4 Å². The summed E-state index contributed by atoms with van der Waals surface area (Å²) in [4.78, 5) is 5.82. The Morgan fingerprint density at radius 2 is 1.64 bits per heavy atom. The van der Waals surface area contributed by atoms with Crippen LogP contribution in [0.2, 0.25) is 10.0 Å². The van der Waals surface area contributed by atoms with Crippen LogP contribution in [0.15, 0.2) is 40.7 Å². The van der Waals surface area contributed by atoms with E-state index in [1.165, 1.54) is 16.7 Å². The van der Waals surface area contributed by atoms with Crippen LogP contribution in [0.25, 0.3) is 11.3 Å². The van der Waals surface area contributed by atoms with Gasteiger partial charge >= 0.3 is 0 Å². The van der Waals surface area contributed by atoms with Crippen molar-refractivity contribution in [1.29, 1.82) is 0 Å². The largest absolute Gasteiger partial charge is 0.319 e. The molecule has 0 N–H and O–H groups in total. The fraction of sp³-hybridized carbons (Fsp3) is 0.211. The van der Waals surface area contributed by atoms with E-state index < -0.39 is 0 Å². The summed E-state index contributed by atoms with van der Waals surface area (Å²) in [5, 5.41) is 3.36. The number of aromatic nitrogens is 1. The van der Waals surface area contributed by atoms with Crippen LogP contribution in [0, 0.1) is 20.8 Å². The van der Waals surface area contributed by atoms with Crippen molar-refractivity contribution in [2.45, 2.75) is 20.8 Å². The molecule has 3 aromatic rings. The lowest BCUT2D eigenvalue weighted by molar-refractivity contribution is 0.882. The Balaban J connectivity index is 0.00000225. The number of nitrogens with zero attached hydrogens (tertiary/aromatic N) is 2. The molecule has 0 aliphatic heterocycles. The highest BCUT2D eigenvalue weighted by Crippen LogP contribution is 2.31. The van der Waals surface area contributed by atoms with Gasteiger partial charge < -0.3 is 4.57 Å². The van der Waals surface area contributed by atoms with Crippen molar-refractivity contribution in [1.82, 2.24) is 4.57 Å². The standard InChI is InChI=1S/C19H18Cl2N2S.ClH/c1-11-7-12(2)18(13(3)8-11)22-19-23(4)17(10-24-19)15-6-5-14(20)9-16(15)21;/h5-10H,1-4H3;1H. The maximum atomic E-state index is 6.35. The maximum absolute atomic E-state index is 6.35. The van der Waals surface area contributed by atoms with Crippen LogP contribution >= 0.6 is 46.9 Å². The molecule has 1 heterocycles. The van der Waals surface area contributed by atoms with Gasteiger partial charge in [0.25, 0.3) is 0 Å². The van der Waals surface area contributed by atoms with Crippen molar-refractivity contribution in [3.63, 3.8) is 0 Å². The van der Waals surface area contributed by atoms with Gasteiger partial charge in [0, 0.05) is 23.0 Å². The van der Waals surface area contributed by atoms with Crippen molar-refractivity contribution >= 4 is 52.6 Å². The number of hydrogen-bond acceptors (Lipinski definition) is 2. The monoisotopic (exact) mass is 412 g/mol. The molecule has 2 nitrogen and oxygen atoms in total. The van der Waals surface area contributed by atoms with Gasteiger partial charge in [0.1, 0.15) is 0 Å². The molecule has 0 amide bonds. The van der Waals surface area contributed by atoms with E-state index >= 15 is 0 Å². The topological polar surface area (TPSA) is 17.3 Å². The minimum atomic E-state index is 0. The normalized spacial score (nSPS) is 11.5. The molecule has 0 fully saturated rings. The lowest BCUT2D eigenvalue weighted by atomic mass is 10.1. The third-order valence-corrected chi connectivity index (χ3v) is 5.44. The third-order valence-electron chi connectivity index (χ3n) is 3.97. The zero-order valence-corrected chi connectivity index (χ0v) is 17.6. The van der Waals surface area contributed by atoms with Crippen LogP contribution in [-0.4, -0.2) is 4.57 Å². The molecular formula is C19H19Cl3N2S. The number of benzene rings is 2. The highest BCUT2D eigenvalue weighted by atomic mass is 35.5. The van der Waals surface area contributed by atoms with E-state index in [0.29, 0.717) is 10.0 Å². The van der Waals surface area contributed by atoms with Crippen molar-refractivity contribution < 1.29 is 0 Å². The van der Waals surface area contributed by atoms with Gasteiger partial charge in [-0.2, -0.15) is 0 Å². The molecule has 6 heteroatoms. The predicted octanol–water partition coefficient (Wildman–Crippen LogP) is 6.64. The summed E-state index contributed by atoms with van der Waals surface area (Å²) in [5.41, 5.74) is 6.65. The SMILES string of the molecule is Cc1cc(C)c(N=c2scc(-c3ccc(Cl)cc3Cl)n2C)c(C)c1.Cl. The fourth-order valence-electron chi connectivity index (χ4n) is 2.86. The number of hydrogen-bond donors (Lipinski definition) is 0. The van der Waals surface area contributed by atoms with E-state index in [9.17, 15) is 0 Å². The first kappa shape index (κ1) is 20.1. The highest BCUT2D eigenvalue weighted by Gasteiger charge is 2.10. The fourth-order valence-corrected chi connectivity index (χ4v) is 4.26. The number of halogens is 3. The second kappa shape index (κ2) is 7.96. The molecule has 1 aromatic heterocycles. The lowest BCUT2D eigenvalue weighted by Gasteiger charge is -2.07. The Hall–Kier alpha value is -1.26. The summed E-state index contributed by atoms with van der Waals surface area (Å²) in [6, 6.07) is 9.89. The minimum absolute atomic E-state index is 0. The second-order valence-electron chi connectivity index (χ2n) is 5.95.